The van der Waals surface area contributed by atoms with Crippen molar-refractivity contribution < 1.29 is 4.79 Å². The van der Waals surface area contributed by atoms with Gasteiger partial charge in [-0.25, -0.2) is 9.67 Å². The van der Waals surface area contributed by atoms with Gasteiger partial charge in [0.05, 0.1) is 23.3 Å². The van der Waals surface area contributed by atoms with Crippen LogP contribution in [0, 0.1) is 6.92 Å². The lowest BCUT2D eigenvalue weighted by Crippen LogP contribution is -2.30. The van der Waals surface area contributed by atoms with Gasteiger partial charge in [-0.15, -0.1) is 0 Å². The molecule has 0 aromatic carbocycles. The van der Waals surface area contributed by atoms with Crippen molar-refractivity contribution in [2.45, 2.75) is 39.7 Å². The van der Waals surface area contributed by atoms with E-state index in [1.807, 2.05) is 35.9 Å². The highest BCUT2D eigenvalue weighted by Gasteiger charge is 2.19. The molecule has 0 aliphatic rings. The molecular weight excluding hydrogens is 304 g/mol. The van der Waals surface area contributed by atoms with Crippen molar-refractivity contribution in [3.05, 3.63) is 35.7 Å². The molecule has 24 heavy (non-hydrogen) atoms. The molecule has 7 heteroatoms. The molecule has 0 bridgehead atoms. The third-order valence-electron chi connectivity index (χ3n) is 3.34. The van der Waals surface area contributed by atoms with Gasteiger partial charge in [0.15, 0.2) is 0 Å². The predicted octanol–water partition coefficient (Wildman–Crippen LogP) is 1.70. The maximum Gasteiger partial charge on any atom is 0.226 e. The number of aromatic nitrogens is 3. The lowest BCUT2D eigenvalue weighted by atomic mass is 10.1. The largest absolute Gasteiger partial charge is 0.354 e. The molecule has 0 aliphatic heterocycles. The van der Waals surface area contributed by atoms with Crippen molar-refractivity contribution in [3.8, 4) is 0 Å². The first-order chi connectivity index (χ1) is 11.3. The molecule has 2 aromatic rings. The summed E-state index contributed by atoms with van der Waals surface area (Å²) in [5.41, 5.74) is 6.88. The lowest BCUT2D eigenvalue weighted by molar-refractivity contribution is -0.120. The fourth-order valence-corrected chi connectivity index (χ4v) is 2.32. The normalized spacial score (nSPS) is 11.4. The molecule has 0 unspecified atom stereocenters. The summed E-state index contributed by atoms with van der Waals surface area (Å²) in [7, 11) is 0. The summed E-state index contributed by atoms with van der Waals surface area (Å²) >= 11 is 0. The van der Waals surface area contributed by atoms with E-state index in [0.29, 0.717) is 24.6 Å². The molecule has 2 heterocycles. The fraction of sp³-hybridized carbons (Fsp3) is 0.471. The number of carbonyl (C=O) groups is 1. The summed E-state index contributed by atoms with van der Waals surface area (Å²) in [5.74, 6) is 1.47. The fourth-order valence-electron chi connectivity index (χ4n) is 2.32. The highest BCUT2D eigenvalue weighted by atomic mass is 16.1. The van der Waals surface area contributed by atoms with E-state index in [-0.39, 0.29) is 17.9 Å². The maximum atomic E-state index is 11.8. The summed E-state index contributed by atoms with van der Waals surface area (Å²) in [4.78, 5) is 16.3. The van der Waals surface area contributed by atoms with Crippen LogP contribution in [0.4, 0.5) is 11.6 Å². The topological polar surface area (TPSA) is 97.9 Å². The zero-order chi connectivity index (χ0) is 17.7. The Morgan fingerprint density at radius 3 is 2.75 bits per heavy atom. The summed E-state index contributed by atoms with van der Waals surface area (Å²) < 4.78 is 1.94. The molecule has 0 saturated heterocycles. The number of nitrogens with two attached hydrogens (primary N) is 1. The van der Waals surface area contributed by atoms with Crippen LogP contribution in [0.15, 0.2) is 24.3 Å². The second-order valence-electron chi connectivity index (χ2n) is 6.71. The zero-order valence-corrected chi connectivity index (χ0v) is 14.8. The van der Waals surface area contributed by atoms with Gasteiger partial charge in [0, 0.05) is 19.2 Å². The van der Waals surface area contributed by atoms with Crippen LogP contribution < -0.4 is 16.4 Å². The molecule has 0 saturated carbocycles. The molecule has 2 rings (SSSR count). The van der Waals surface area contributed by atoms with Gasteiger partial charge in [0.1, 0.15) is 11.6 Å². The number of nitrogens with one attached hydrogen (secondary N) is 2. The highest BCUT2D eigenvalue weighted by Crippen LogP contribution is 2.23. The van der Waals surface area contributed by atoms with E-state index >= 15 is 0 Å². The molecular formula is C17H26N6O. The first kappa shape index (κ1) is 17.9. The number of pyridine rings is 1. The molecule has 4 N–H and O–H groups in total. The molecule has 7 nitrogen and oxygen atoms in total. The smallest absolute Gasteiger partial charge is 0.226 e. The minimum atomic E-state index is -0.143. The van der Waals surface area contributed by atoms with E-state index in [4.69, 9.17) is 5.73 Å². The van der Waals surface area contributed by atoms with Gasteiger partial charge in [-0.2, -0.15) is 5.10 Å². The monoisotopic (exact) mass is 330 g/mol. The average Bonchev–Trinajstić information content (AvgIpc) is 2.86. The van der Waals surface area contributed by atoms with Crippen molar-refractivity contribution in [2.24, 2.45) is 5.73 Å². The van der Waals surface area contributed by atoms with E-state index < -0.39 is 0 Å². The number of aryl methyl sites for hydroxylation is 1. The minimum Gasteiger partial charge on any atom is -0.354 e. The van der Waals surface area contributed by atoms with Crippen molar-refractivity contribution in [1.29, 1.82) is 0 Å². The number of nitrogens with zero attached hydrogens (tertiary/aromatic N) is 3. The molecule has 0 spiro atoms. The minimum absolute atomic E-state index is 0.0827. The number of hydrogen-bond acceptors (Lipinski definition) is 5. The SMILES string of the molecule is Cc1cc(Nc2cccc(CC(=O)NCCN)n2)n(C(C)(C)C)n1. The predicted molar refractivity (Wildman–Crippen MR) is 95.2 cm³/mol. The standard InChI is InChI=1S/C17H26N6O/c1-12-10-15(23(22-12)17(2,3)4)21-14-7-5-6-13(20-14)11-16(24)19-9-8-18/h5-7,10H,8-9,11,18H2,1-4H3,(H,19,24)(H,20,21). The van der Waals surface area contributed by atoms with E-state index in [1.54, 1.807) is 0 Å². The summed E-state index contributed by atoms with van der Waals surface area (Å²) in [5, 5.41) is 10.6. The van der Waals surface area contributed by atoms with Crippen molar-refractivity contribution in [2.75, 3.05) is 18.4 Å². The van der Waals surface area contributed by atoms with Crippen LogP contribution in [0.5, 0.6) is 0 Å². The van der Waals surface area contributed by atoms with E-state index in [0.717, 1.165) is 11.5 Å². The van der Waals surface area contributed by atoms with Gasteiger partial charge in [0.25, 0.3) is 0 Å². The number of rotatable bonds is 6. The van der Waals surface area contributed by atoms with Gasteiger partial charge in [-0.3, -0.25) is 4.79 Å². The molecule has 0 radical (unpaired) electrons. The van der Waals surface area contributed by atoms with Crippen LogP contribution in [0.1, 0.15) is 32.2 Å². The Morgan fingerprint density at radius 2 is 2.08 bits per heavy atom. The highest BCUT2D eigenvalue weighted by molar-refractivity contribution is 5.78. The first-order valence-electron chi connectivity index (χ1n) is 8.06. The third-order valence-corrected chi connectivity index (χ3v) is 3.34. The number of anilines is 2. The van der Waals surface area contributed by atoms with Crippen LogP contribution in [-0.4, -0.2) is 33.8 Å². The second kappa shape index (κ2) is 7.44. The molecule has 130 valence electrons. The first-order valence-corrected chi connectivity index (χ1v) is 8.06. The van der Waals surface area contributed by atoms with Crippen molar-refractivity contribution >= 4 is 17.5 Å². The second-order valence-corrected chi connectivity index (χ2v) is 6.71. The van der Waals surface area contributed by atoms with Crippen LogP contribution in [0.2, 0.25) is 0 Å². The summed E-state index contributed by atoms with van der Waals surface area (Å²) in [6, 6.07) is 7.56. The summed E-state index contributed by atoms with van der Waals surface area (Å²) in [6.45, 7) is 9.14. The maximum absolute atomic E-state index is 11.8. The average molecular weight is 330 g/mol. The Kier molecular flexibility index (Phi) is 5.56. The zero-order valence-electron chi connectivity index (χ0n) is 14.8. The van der Waals surface area contributed by atoms with E-state index in [1.165, 1.54) is 0 Å². The van der Waals surface area contributed by atoms with E-state index in [2.05, 4.69) is 41.5 Å². The van der Waals surface area contributed by atoms with E-state index in [9.17, 15) is 4.79 Å². The van der Waals surface area contributed by atoms with Gasteiger partial charge in [-0.05, 0) is 39.8 Å². The Balaban J connectivity index is 2.14. The number of hydrogen-bond donors (Lipinski definition) is 3. The number of carbonyl (C=O) groups excluding carboxylic acids is 1. The Labute approximate surface area is 142 Å². The van der Waals surface area contributed by atoms with Gasteiger partial charge in [0.2, 0.25) is 5.91 Å². The summed E-state index contributed by atoms with van der Waals surface area (Å²) in [6.07, 6.45) is 0.229. The molecule has 2 aromatic heterocycles. The Bertz CT molecular complexity index is 701. The molecule has 0 atom stereocenters. The third kappa shape index (κ3) is 4.79. The van der Waals surface area contributed by atoms with Crippen molar-refractivity contribution in [3.63, 3.8) is 0 Å². The van der Waals surface area contributed by atoms with Crippen LogP contribution in [0.3, 0.4) is 0 Å². The van der Waals surface area contributed by atoms with Gasteiger partial charge < -0.3 is 16.4 Å². The van der Waals surface area contributed by atoms with Crippen LogP contribution in [0.25, 0.3) is 0 Å². The van der Waals surface area contributed by atoms with Crippen LogP contribution in [-0.2, 0) is 16.8 Å². The Hall–Kier alpha value is -2.41. The van der Waals surface area contributed by atoms with Crippen molar-refractivity contribution in [1.82, 2.24) is 20.1 Å². The van der Waals surface area contributed by atoms with Crippen LogP contribution >= 0.6 is 0 Å². The van der Waals surface area contributed by atoms with Gasteiger partial charge in [-0.1, -0.05) is 6.07 Å². The number of amides is 1. The van der Waals surface area contributed by atoms with Gasteiger partial charge >= 0.3 is 0 Å². The quantitative estimate of drug-likeness (QED) is 0.749. The molecule has 0 fully saturated rings. The molecule has 0 aliphatic carbocycles. The Morgan fingerprint density at radius 1 is 1.33 bits per heavy atom. The molecule has 1 amide bonds. The lowest BCUT2D eigenvalue weighted by Gasteiger charge is -2.22.